The second kappa shape index (κ2) is 5.47. The van der Waals surface area contributed by atoms with Gasteiger partial charge in [-0.25, -0.2) is 13.6 Å². The normalized spacial score (nSPS) is 23.2. The number of pyridine rings is 1. The predicted molar refractivity (Wildman–Crippen MR) is 85.7 cm³/mol. The second-order valence-corrected chi connectivity index (χ2v) is 6.78. The van der Waals surface area contributed by atoms with Crippen molar-refractivity contribution < 1.29 is 23.5 Å². The van der Waals surface area contributed by atoms with Gasteiger partial charge in [-0.05, 0) is 37.1 Å². The third kappa shape index (κ3) is 2.73. The van der Waals surface area contributed by atoms with Gasteiger partial charge in [-0.3, -0.25) is 9.78 Å². The summed E-state index contributed by atoms with van der Waals surface area (Å²) in [6.45, 7) is -0.488. The standard InChI is InChI=1S/C18H16F2N2O3/c19-11-3-4-14-12(7-11)13(8-15(21-14)10-1-2-10)16(23)22-6-5-18(20,9-22)17(24)25/h3-4,7-8,10H,1-2,5-6,9H2,(H,24,25). The summed E-state index contributed by atoms with van der Waals surface area (Å²) in [6, 6.07) is 5.68. The first-order chi connectivity index (χ1) is 11.9. The van der Waals surface area contributed by atoms with Crippen molar-refractivity contribution in [2.75, 3.05) is 13.1 Å². The molecule has 2 aromatic rings. The molecule has 5 nitrogen and oxygen atoms in total. The fraction of sp³-hybridized carbons (Fsp3) is 0.389. The number of aromatic nitrogens is 1. The molecule has 25 heavy (non-hydrogen) atoms. The Hall–Kier alpha value is -2.57. The van der Waals surface area contributed by atoms with Crippen LogP contribution in [0.4, 0.5) is 8.78 Å². The highest BCUT2D eigenvalue weighted by atomic mass is 19.1. The molecule has 4 rings (SSSR count). The minimum atomic E-state index is -2.43. The lowest BCUT2D eigenvalue weighted by molar-refractivity contribution is -0.149. The lowest BCUT2D eigenvalue weighted by Gasteiger charge is -2.19. The zero-order valence-electron chi connectivity index (χ0n) is 13.3. The van der Waals surface area contributed by atoms with E-state index in [9.17, 15) is 18.4 Å². The van der Waals surface area contributed by atoms with Gasteiger partial charge in [0.05, 0.1) is 17.6 Å². The number of carbonyl (C=O) groups is 2. The van der Waals surface area contributed by atoms with Crippen molar-refractivity contribution in [3.05, 3.63) is 41.3 Å². The molecule has 7 heteroatoms. The summed E-state index contributed by atoms with van der Waals surface area (Å²) in [4.78, 5) is 29.6. The van der Waals surface area contributed by atoms with Gasteiger partial charge in [0, 0.05) is 30.0 Å². The second-order valence-electron chi connectivity index (χ2n) is 6.78. The van der Waals surface area contributed by atoms with Gasteiger partial charge < -0.3 is 10.0 Å². The number of hydrogen-bond donors (Lipinski definition) is 1. The average molecular weight is 346 g/mol. The number of fused-ring (bicyclic) bond motifs is 1. The van der Waals surface area contributed by atoms with Crippen LogP contribution in [0.3, 0.4) is 0 Å². The molecule has 1 saturated heterocycles. The quantitative estimate of drug-likeness (QED) is 0.928. The van der Waals surface area contributed by atoms with Crippen molar-refractivity contribution >= 4 is 22.8 Å². The Bertz CT molecular complexity index is 897. The van der Waals surface area contributed by atoms with Crippen LogP contribution in [-0.2, 0) is 4.79 Å². The van der Waals surface area contributed by atoms with E-state index >= 15 is 0 Å². The molecule has 2 heterocycles. The maximum absolute atomic E-state index is 14.3. The van der Waals surface area contributed by atoms with Crippen LogP contribution >= 0.6 is 0 Å². The van der Waals surface area contributed by atoms with E-state index in [1.807, 2.05) is 0 Å². The summed E-state index contributed by atoms with van der Waals surface area (Å²) in [5.74, 6) is -2.25. The van der Waals surface area contributed by atoms with E-state index in [0.29, 0.717) is 16.8 Å². The molecule has 1 aliphatic heterocycles. The summed E-state index contributed by atoms with van der Waals surface area (Å²) in [5, 5.41) is 9.37. The molecule has 2 aliphatic rings. The minimum absolute atomic E-state index is 0.0134. The van der Waals surface area contributed by atoms with E-state index in [2.05, 4.69) is 4.98 Å². The summed E-state index contributed by atoms with van der Waals surface area (Å²) >= 11 is 0. The van der Waals surface area contributed by atoms with Crippen LogP contribution in [0.2, 0.25) is 0 Å². The number of likely N-dealkylation sites (tertiary alicyclic amines) is 1. The minimum Gasteiger partial charge on any atom is -0.479 e. The molecule has 1 aromatic carbocycles. The fourth-order valence-corrected chi connectivity index (χ4v) is 3.27. The predicted octanol–water partition coefficient (Wildman–Crippen LogP) is 2.89. The summed E-state index contributed by atoms with van der Waals surface area (Å²) in [6.07, 6.45) is 1.73. The number of aliphatic carboxylic acids is 1. The van der Waals surface area contributed by atoms with Crippen molar-refractivity contribution in [2.45, 2.75) is 30.8 Å². The average Bonchev–Trinajstić information content (AvgIpc) is 3.35. The Morgan fingerprint density at radius 1 is 1.28 bits per heavy atom. The SMILES string of the molecule is O=C(c1cc(C2CC2)nc2ccc(F)cc12)N1CCC(F)(C(=O)O)C1. The number of alkyl halides is 1. The third-order valence-corrected chi connectivity index (χ3v) is 4.91. The first-order valence-corrected chi connectivity index (χ1v) is 8.19. The number of carbonyl (C=O) groups excluding carboxylic acids is 1. The van der Waals surface area contributed by atoms with E-state index in [0.717, 1.165) is 18.5 Å². The number of carboxylic acid groups (broad SMARTS) is 1. The van der Waals surface area contributed by atoms with E-state index in [4.69, 9.17) is 5.11 Å². The molecule has 1 N–H and O–H groups in total. The largest absolute Gasteiger partial charge is 0.479 e. The van der Waals surface area contributed by atoms with Gasteiger partial charge >= 0.3 is 5.97 Å². The summed E-state index contributed by atoms with van der Waals surface area (Å²) in [7, 11) is 0. The van der Waals surface area contributed by atoms with Gasteiger partial charge in [0.1, 0.15) is 5.82 Å². The Morgan fingerprint density at radius 3 is 2.68 bits per heavy atom. The van der Waals surface area contributed by atoms with E-state index in [1.54, 1.807) is 6.07 Å². The van der Waals surface area contributed by atoms with Gasteiger partial charge in [-0.2, -0.15) is 0 Å². The molecule has 130 valence electrons. The Balaban J connectivity index is 1.76. The van der Waals surface area contributed by atoms with Crippen LogP contribution in [-0.4, -0.2) is 45.6 Å². The Kier molecular flexibility index (Phi) is 3.49. The highest BCUT2D eigenvalue weighted by molar-refractivity contribution is 6.06. The van der Waals surface area contributed by atoms with Crippen molar-refractivity contribution in [3.63, 3.8) is 0 Å². The molecule has 1 unspecified atom stereocenters. The highest BCUT2D eigenvalue weighted by Crippen LogP contribution is 2.40. The summed E-state index contributed by atoms with van der Waals surface area (Å²) in [5.41, 5.74) is -0.895. The number of benzene rings is 1. The number of nitrogens with zero attached hydrogens (tertiary/aromatic N) is 2. The van der Waals surface area contributed by atoms with Crippen LogP contribution < -0.4 is 0 Å². The maximum atomic E-state index is 14.3. The van der Waals surface area contributed by atoms with E-state index in [1.165, 1.54) is 23.1 Å². The Morgan fingerprint density at radius 2 is 2.04 bits per heavy atom. The molecule has 1 aliphatic carbocycles. The summed E-state index contributed by atoms with van der Waals surface area (Å²) < 4.78 is 28.0. The molecule has 1 aromatic heterocycles. The fourth-order valence-electron chi connectivity index (χ4n) is 3.27. The maximum Gasteiger partial charge on any atom is 0.343 e. The highest BCUT2D eigenvalue weighted by Gasteiger charge is 2.47. The van der Waals surface area contributed by atoms with Crippen molar-refractivity contribution in [3.8, 4) is 0 Å². The van der Waals surface area contributed by atoms with Gasteiger partial charge in [0.2, 0.25) is 5.67 Å². The van der Waals surface area contributed by atoms with E-state index < -0.39 is 29.9 Å². The van der Waals surface area contributed by atoms with Crippen molar-refractivity contribution in [1.82, 2.24) is 9.88 Å². The first kappa shape index (κ1) is 15.9. The molecule has 1 amide bonds. The molecule has 2 fully saturated rings. The van der Waals surface area contributed by atoms with Crippen LogP contribution in [0.5, 0.6) is 0 Å². The number of hydrogen-bond acceptors (Lipinski definition) is 3. The smallest absolute Gasteiger partial charge is 0.343 e. The molecule has 1 saturated carbocycles. The molecular weight excluding hydrogens is 330 g/mol. The zero-order valence-corrected chi connectivity index (χ0v) is 13.3. The van der Waals surface area contributed by atoms with Crippen molar-refractivity contribution in [1.29, 1.82) is 0 Å². The number of halogens is 2. The number of carboxylic acids is 1. The van der Waals surface area contributed by atoms with Crippen LogP contribution in [0.1, 0.15) is 41.2 Å². The van der Waals surface area contributed by atoms with Crippen LogP contribution in [0.25, 0.3) is 10.9 Å². The van der Waals surface area contributed by atoms with Crippen LogP contribution in [0, 0.1) is 5.82 Å². The first-order valence-electron chi connectivity index (χ1n) is 8.19. The zero-order chi connectivity index (χ0) is 17.8. The van der Waals surface area contributed by atoms with E-state index in [-0.39, 0.29) is 18.5 Å². The lowest BCUT2D eigenvalue weighted by Crippen LogP contribution is -2.39. The molecular formula is C18H16F2N2O3. The monoisotopic (exact) mass is 346 g/mol. The number of amides is 1. The molecule has 0 bridgehead atoms. The van der Waals surface area contributed by atoms with Gasteiger partial charge in [-0.1, -0.05) is 0 Å². The molecule has 0 spiro atoms. The Labute approximate surface area is 142 Å². The number of rotatable bonds is 3. The van der Waals surface area contributed by atoms with Gasteiger partial charge in [0.25, 0.3) is 5.91 Å². The lowest BCUT2D eigenvalue weighted by atomic mass is 10.0. The molecule has 0 radical (unpaired) electrons. The van der Waals surface area contributed by atoms with Crippen molar-refractivity contribution in [2.24, 2.45) is 0 Å². The van der Waals surface area contributed by atoms with Crippen LogP contribution in [0.15, 0.2) is 24.3 Å². The van der Waals surface area contributed by atoms with Gasteiger partial charge in [-0.15, -0.1) is 0 Å². The van der Waals surface area contributed by atoms with Gasteiger partial charge in [0.15, 0.2) is 0 Å². The topological polar surface area (TPSA) is 70.5 Å². The third-order valence-electron chi connectivity index (χ3n) is 4.91. The molecule has 1 atom stereocenters.